The van der Waals surface area contributed by atoms with E-state index in [1.54, 1.807) is 19.1 Å². The first-order chi connectivity index (χ1) is 21.7. The summed E-state index contributed by atoms with van der Waals surface area (Å²) in [6.45, 7) is -0.251. The number of aryl methyl sites for hydroxylation is 1. The molecule has 4 aromatic rings. The summed E-state index contributed by atoms with van der Waals surface area (Å²) in [7, 11) is 0. The summed E-state index contributed by atoms with van der Waals surface area (Å²) in [6.07, 6.45) is -7.28. The molecule has 10 nitrogen and oxygen atoms in total. The second-order valence-corrected chi connectivity index (χ2v) is 10.6. The van der Waals surface area contributed by atoms with E-state index in [1.165, 1.54) is 24.5 Å². The predicted molar refractivity (Wildman–Crippen MR) is 153 cm³/mol. The van der Waals surface area contributed by atoms with Crippen LogP contribution in [0, 0.1) is 12.7 Å². The molecule has 1 N–H and O–H groups in total. The Hall–Kier alpha value is -4.84. The van der Waals surface area contributed by atoms with Crippen LogP contribution in [0.15, 0.2) is 66.0 Å². The molecule has 18 heteroatoms. The van der Waals surface area contributed by atoms with Crippen LogP contribution >= 0.6 is 11.8 Å². The minimum absolute atomic E-state index is 0.0170. The number of amidine groups is 1. The molecule has 3 amide bonds. The summed E-state index contributed by atoms with van der Waals surface area (Å²) in [5.74, 6) is -1.42. The number of carbonyl (C=O) groups excluding carboxylic acids is 2. The number of halogens is 7. The van der Waals surface area contributed by atoms with E-state index in [0.29, 0.717) is 11.8 Å². The lowest BCUT2D eigenvalue weighted by Crippen LogP contribution is -2.31. The van der Waals surface area contributed by atoms with Crippen molar-refractivity contribution in [2.75, 3.05) is 22.6 Å². The molecular formula is C28H20F7N7O3S. The highest BCUT2D eigenvalue weighted by molar-refractivity contribution is 8.15. The molecule has 0 aliphatic carbocycles. The minimum atomic E-state index is -4.56. The van der Waals surface area contributed by atoms with E-state index in [0.717, 1.165) is 39.5 Å². The number of nitrogens with zero attached hydrogens (tertiary/aromatic N) is 6. The lowest BCUT2D eigenvalue weighted by Gasteiger charge is -2.21. The quantitative estimate of drug-likeness (QED) is 0.223. The van der Waals surface area contributed by atoms with E-state index >= 15 is 0 Å². The number of hydrogen-bond donors (Lipinski definition) is 1. The van der Waals surface area contributed by atoms with Gasteiger partial charge in [-0.25, -0.2) is 23.8 Å². The smallest absolute Gasteiger partial charge is 0.367 e. The van der Waals surface area contributed by atoms with Gasteiger partial charge in [-0.2, -0.15) is 31.3 Å². The van der Waals surface area contributed by atoms with Crippen molar-refractivity contribution in [1.82, 2.24) is 19.7 Å². The van der Waals surface area contributed by atoms with Crippen LogP contribution in [0.2, 0.25) is 0 Å². The van der Waals surface area contributed by atoms with E-state index in [2.05, 4.69) is 25.4 Å². The molecule has 0 bridgehead atoms. The van der Waals surface area contributed by atoms with Crippen molar-refractivity contribution in [3.63, 3.8) is 0 Å². The summed E-state index contributed by atoms with van der Waals surface area (Å²) >= 11 is 0.913. The molecule has 0 unspecified atom stereocenters. The number of thioether (sulfide) groups is 1. The van der Waals surface area contributed by atoms with Gasteiger partial charge in [-0.15, -0.1) is 5.10 Å². The monoisotopic (exact) mass is 667 g/mol. The third kappa shape index (κ3) is 7.68. The van der Waals surface area contributed by atoms with Crippen LogP contribution in [0.25, 0.3) is 17.2 Å². The number of urea groups is 1. The Labute approximate surface area is 259 Å². The van der Waals surface area contributed by atoms with Gasteiger partial charge in [0.15, 0.2) is 16.8 Å². The number of pyridine rings is 1. The third-order valence-corrected chi connectivity index (χ3v) is 7.16. The number of aliphatic imine (C=N–C) groups is 1. The third-order valence-electron chi connectivity index (χ3n) is 6.24. The average Bonchev–Trinajstić information content (AvgIpc) is 3.61. The first kappa shape index (κ1) is 32.6. The minimum Gasteiger partial charge on any atom is -0.367 e. The van der Waals surface area contributed by atoms with Crippen LogP contribution in [0.1, 0.15) is 16.7 Å². The fourth-order valence-corrected chi connectivity index (χ4v) is 5.00. The number of ether oxygens (including phenoxy) is 1. The Balaban J connectivity index is 1.30. The zero-order valence-electron chi connectivity index (χ0n) is 23.4. The van der Waals surface area contributed by atoms with Gasteiger partial charge in [0, 0.05) is 17.3 Å². The Bertz CT molecular complexity index is 1810. The molecule has 1 aliphatic heterocycles. The molecule has 0 atom stereocenters. The summed E-state index contributed by atoms with van der Waals surface area (Å²) in [5.41, 5.74) is 0.0834. The van der Waals surface area contributed by atoms with Crippen molar-refractivity contribution in [3.8, 4) is 17.2 Å². The predicted octanol–water partition coefficient (Wildman–Crippen LogP) is 6.54. The highest BCUT2D eigenvalue weighted by Crippen LogP contribution is 2.32. The van der Waals surface area contributed by atoms with Gasteiger partial charge in [-0.05, 0) is 48.9 Å². The Morgan fingerprint density at radius 1 is 1.07 bits per heavy atom. The number of carbonyl (C=O) groups is 2. The van der Waals surface area contributed by atoms with Crippen molar-refractivity contribution in [1.29, 1.82) is 0 Å². The van der Waals surface area contributed by atoms with Crippen molar-refractivity contribution < 1.29 is 45.1 Å². The van der Waals surface area contributed by atoms with E-state index in [4.69, 9.17) is 4.74 Å². The number of alkyl halides is 6. The van der Waals surface area contributed by atoms with E-state index in [9.17, 15) is 40.3 Å². The highest BCUT2D eigenvalue weighted by atomic mass is 32.2. The molecule has 0 spiro atoms. The lowest BCUT2D eigenvalue weighted by molar-refractivity contribution is -0.176. The number of hydrogen-bond acceptors (Lipinski definition) is 7. The largest absolute Gasteiger partial charge is 0.417 e. The maximum absolute atomic E-state index is 15.0. The molecule has 1 fully saturated rings. The van der Waals surface area contributed by atoms with Gasteiger partial charge in [-0.1, -0.05) is 23.9 Å². The molecule has 2 aromatic carbocycles. The zero-order valence-corrected chi connectivity index (χ0v) is 24.2. The topological polar surface area (TPSA) is 115 Å². The number of benzene rings is 2. The van der Waals surface area contributed by atoms with Gasteiger partial charge in [0.05, 0.1) is 29.3 Å². The van der Waals surface area contributed by atoms with Gasteiger partial charge in [-0.3, -0.25) is 9.69 Å². The molecule has 1 aliphatic rings. The van der Waals surface area contributed by atoms with E-state index < -0.39 is 48.9 Å². The van der Waals surface area contributed by atoms with Crippen LogP contribution in [0.3, 0.4) is 0 Å². The Morgan fingerprint density at radius 3 is 2.52 bits per heavy atom. The number of amides is 3. The molecule has 0 saturated carbocycles. The summed E-state index contributed by atoms with van der Waals surface area (Å²) < 4.78 is 97.0. The molecular weight excluding hydrogens is 647 g/mol. The molecule has 2 aromatic heterocycles. The second kappa shape index (κ2) is 12.9. The first-order valence-electron chi connectivity index (χ1n) is 13.0. The molecule has 46 heavy (non-hydrogen) atoms. The van der Waals surface area contributed by atoms with Gasteiger partial charge < -0.3 is 10.1 Å². The number of aromatic nitrogens is 4. The Morgan fingerprint density at radius 2 is 1.85 bits per heavy atom. The van der Waals surface area contributed by atoms with Gasteiger partial charge in [0.25, 0.3) is 0 Å². The second-order valence-electron chi connectivity index (χ2n) is 9.69. The molecule has 0 radical (unpaired) electrons. The van der Waals surface area contributed by atoms with Gasteiger partial charge in [0.2, 0.25) is 5.91 Å². The zero-order chi connectivity index (χ0) is 33.2. The van der Waals surface area contributed by atoms with Crippen LogP contribution in [0.4, 0.5) is 46.9 Å². The standard InChI is InChI=1S/C28H20F7N7O3S/c1-15-2-3-17(11-45-13-27(30,31)32)21(8-15)42-23(43)12-46-26(42)39-25(44)38-20-6-4-16(9-19(20)29)24-37-14-41(40-24)22-7-5-18(10-36-22)28(33,34)35/h2-10,14H,11-13H2,1H3,(H,38,44). The SMILES string of the molecule is Cc1ccc(COCC(F)(F)F)c(N2C(=O)CSC2=NC(=O)Nc2ccc(-c3ncn(-c4ccc(C(F)(F)F)cn4)n3)cc2F)c1. The molecule has 5 rings (SSSR count). The summed E-state index contributed by atoms with van der Waals surface area (Å²) in [4.78, 5) is 38.3. The van der Waals surface area contributed by atoms with Crippen molar-refractivity contribution >= 4 is 40.2 Å². The van der Waals surface area contributed by atoms with E-state index in [-0.39, 0.29) is 45.1 Å². The summed E-state index contributed by atoms with van der Waals surface area (Å²) in [6, 6.07) is 9.18. The Kier molecular flexibility index (Phi) is 9.11. The van der Waals surface area contributed by atoms with Crippen molar-refractivity contribution in [2.24, 2.45) is 4.99 Å². The normalized spacial score (nSPS) is 14.7. The fraction of sp³-hybridized carbons (Fsp3) is 0.214. The number of rotatable bonds is 7. The van der Waals surface area contributed by atoms with E-state index in [1.807, 2.05) is 0 Å². The summed E-state index contributed by atoms with van der Waals surface area (Å²) in [5, 5.41) is 6.31. The molecule has 3 heterocycles. The highest BCUT2D eigenvalue weighted by Gasteiger charge is 2.33. The van der Waals surface area contributed by atoms with Crippen molar-refractivity contribution in [2.45, 2.75) is 25.9 Å². The van der Waals surface area contributed by atoms with Crippen LogP contribution in [-0.4, -0.2) is 55.4 Å². The average molecular weight is 668 g/mol. The fourth-order valence-electron chi connectivity index (χ4n) is 4.14. The molecule has 240 valence electrons. The lowest BCUT2D eigenvalue weighted by atomic mass is 10.1. The molecule has 1 saturated heterocycles. The number of anilines is 2. The van der Waals surface area contributed by atoms with Gasteiger partial charge in [0.1, 0.15) is 18.8 Å². The van der Waals surface area contributed by atoms with Gasteiger partial charge >= 0.3 is 18.4 Å². The first-order valence-corrected chi connectivity index (χ1v) is 14.0. The van der Waals surface area contributed by atoms with Crippen molar-refractivity contribution in [3.05, 3.63) is 83.6 Å². The van der Waals surface area contributed by atoms with Crippen LogP contribution in [0.5, 0.6) is 0 Å². The maximum atomic E-state index is 15.0. The van der Waals surface area contributed by atoms with Crippen LogP contribution < -0.4 is 10.2 Å². The van der Waals surface area contributed by atoms with Crippen LogP contribution in [-0.2, 0) is 22.3 Å². The maximum Gasteiger partial charge on any atom is 0.417 e. The number of nitrogens with one attached hydrogen (secondary N) is 1.